The Labute approximate surface area is 216 Å². The van der Waals surface area contributed by atoms with E-state index >= 15 is 0 Å². The molecular formula is C30H44O6. The van der Waals surface area contributed by atoms with Crippen molar-refractivity contribution in [2.24, 2.45) is 22.7 Å². The first-order valence-corrected chi connectivity index (χ1v) is 13.8. The van der Waals surface area contributed by atoms with Crippen molar-refractivity contribution in [3.05, 3.63) is 36.1 Å². The van der Waals surface area contributed by atoms with Gasteiger partial charge >= 0.3 is 17.9 Å². The minimum absolute atomic E-state index is 0.116. The molecule has 36 heavy (non-hydrogen) atoms. The van der Waals surface area contributed by atoms with Gasteiger partial charge in [0.2, 0.25) is 0 Å². The molecule has 6 heteroatoms. The number of allylic oxidation sites excluding steroid dienone is 2. The molecule has 0 aromatic heterocycles. The molecule has 3 aliphatic rings. The van der Waals surface area contributed by atoms with E-state index in [0.717, 1.165) is 51.4 Å². The smallest absolute Gasteiger partial charge is 0.342 e. The molecule has 1 unspecified atom stereocenters. The van der Waals surface area contributed by atoms with Crippen LogP contribution in [0, 0.1) is 22.7 Å². The molecule has 2 fully saturated rings. The first kappa shape index (κ1) is 28.2. The van der Waals surface area contributed by atoms with Gasteiger partial charge in [0.1, 0.15) is 12.7 Å². The first-order chi connectivity index (χ1) is 17.2. The third kappa shape index (κ3) is 6.12. The van der Waals surface area contributed by atoms with Crippen LogP contribution in [0.15, 0.2) is 36.1 Å². The topological polar surface area (TPSA) is 78.9 Å². The maximum absolute atomic E-state index is 12.7. The van der Waals surface area contributed by atoms with Gasteiger partial charge in [0.15, 0.2) is 0 Å². The molecule has 2 saturated carbocycles. The molecule has 3 rings (SSSR count). The Morgan fingerprint density at radius 1 is 1.14 bits per heavy atom. The van der Waals surface area contributed by atoms with Gasteiger partial charge in [0.05, 0.1) is 11.8 Å². The molecule has 1 heterocycles. The second-order valence-electron chi connectivity index (χ2n) is 11.3. The number of carbonyl (C=O) groups is 3. The number of hydrogen-bond donors (Lipinski definition) is 0. The summed E-state index contributed by atoms with van der Waals surface area (Å²) in [5.41, 5.74) is 1.17. The SMILES string of the molecule is C=C1CCC2[C@](C)(COC(=O)CCCC)[C@H](OC(=O)CCCC)CC[C@@]2(C)[C@@H]1C/C=C1\C=COC1=O. The standard InChI is InChI=1S/C30H44O6/c1-6-8-10-26(31)35-20-30(5)24-15-12-21(3)23(14-13-22-17-19-34-28(22)33)29(24,4)18-16-25(30)36-27(32)11-9-7-2/h13,17,19,23-25H,3,6-12,14-16,18,20H2,1-2,4-5H3/b22-13+/t23-,24?,25-,29+,30+/m1/s1. The molecule has 0 aromatic rings. The average molecular weight is 501 g/mol. The summed E-state index contributed by atoms with van der Waals surface area (Å²) >= 11 is 0. The molecule has 2 aliphatic carbocycles. The Kier molecular flexibility index (Phi) is 9.59. The fourth-order valence-electron chi connectivity index (χ4n) is 6.66. The van der Waals surface area contributed by atoms with Gasteiger partial charge in [-0.15, -0.1) is 0 Å². The number of fused-ring (bicyclic) bond motifs is 1. The van der Waals surface area contributed by atoms with Crippen molar-refractivity contribution in [1.82, 2.24) is 0 Å². The second kappa shape index (κ2) is 12.2. The highest BCUT2D eigenvalue weighted by Gasteiger charge is 2.59. The molecule has 0 spiro atoms. The predicted octanol–water partition coefficient (Wildman–Crippen LogP) is 6.60. The van der Waals surface area contributed by atoms with Crippen LogP contribution in [-0.2, 0) is 28.6 Å². The number of unbranched alkanes of at least 4 members (excludes halogenated alkanes) is 2. The summed E-state index contributed by atoms with van der Waals surface area (Å²) in [5, 5.41) is 0. The normalized spacial score (nSPS) is 32.8. The highest BCUT2D eigenvalue weighted by molar-refractivity contribution is 5.94. The Hall–Kier alpha value is -2.37. The number of cyclic esters (lactones) is 1. The van der Waals surface area contributed by atoms with E-state index in [-0.39, 0.29) is 47.9 Å². The summed E-state index contributed by atoms with van der Waals surface area (Å²) in [6.45, 7) is 13.2. The predicted molar refractivity (Wildman–Crippen MR) is 139 cm³/mol. The molecular weight excluding hydrogens is 456 g/mol. The van der Waals surface area contributed by atoms with Gasteiger partial charge < -0.3 is 14.2 Å². The molecule has 6 nitrogen and oxygen atoms in total. The highest BCUT2D eigenvalue weighted by Crippen LogP contribution is 2.62. The van der Waals surface area contributed by atoms with Gasteiger partial charge in [0.25, 0.3) is 0 Å². The molecule has 0 radical (unpaired) electrons. The molecule has 0 amide bonds. The molecule has 5 atom stereocenters. The van der Waals surface area contributed by atoms with E-state index in [0.29, 0.717) is 24.8 Å². The first-order valence-electron chi connectivity index (χ1n) is 13.8. The van der Waals surface area contributed by atoms with E-state index in [1.54, 1.807) is 6.08 Å². The van der Waals surface area contributed by atoms with E-state index in [4.69, 9.17) is 14.2 Å². The zero-order valence-electron chi connectivity index (χ0n) is 22.6. The van der Waals surface area contributed by atoms with Gasteiger partial charge in [-0.05, 0) is 68.3 Å². The van der Waals surface area contributed by atoms with Crippen molar-refractivity contribution in [3.63, 3.8) is 0 Å². The van der Waals surface area contributed by atoms with Gasteiger partial charge in [0, 0.05) is 18.3 Å². The average Bonchev–Trinajstić information content (AvgIpc) is 3.26. The Balaban J connectivity index is 1.86. The fraction of sp³-hybridized carbons (Fsp3) is 0.700. The van der Waals surface area contributed by atoms with Crippen LogP contribution < -0.4 is 0 Å². The maximum Gasteiger partial charge on any atom is 0.342 e. The van der Waals surface area contributed by atoms with E-state index in [1.807, 2.05) is 6.08 Å². The molecule has 0 aromatic carbocycles. The van der Waals surface area contributed by atoms with Crippen LogP contribution in [0.3, 0.4) is 0 Å². The third-order valence-corrected chi connectivity index (χ3v) is 8.83. The lowest BCUT2D eigenvalue weighted by Crippen LogP contribution is -2.58. The van der Waals surface area contributed by atoms with Crippen molar-refractivity contribution >= 4 is 17.9 Å². The van der Waals surface area contributed by atoms with Crippen LogP contribution in [0.5, 0.6) is 0 Å². The molecule has 1 aliphatic heterocycles. The van der Waals surface area contributed by atoms with Crippen LogP contribution in [0.1, 0.15) is 98.3 Å². The summed E-state index contributed by atoms with van der Waals surface area (Å²) in [4.78, 5) is 37.1. The van der Waals surface area contributed by atoms with E-state index < -0.39 is 5.41 Å². The molecule has 0 saturated heterocycles. The van der Waals surface area contributed by atoms with Gasteiger partial charge in [-0.3, -0.25) is 9.59 Å². The fourth-order valence-corrected chi connectivity index (χ4v) is 6.66. The van der Waals surface area contributed by atoms with Crippen LogP contribution >= 0.6 is 0 Å². The Morgan fingerprint density at radius 3 is 2.47 bits per heavy atom. The van der Waals surface area contributed by atoms with Crippen molar-refractivity contribution in [3.8, 4) is 0 Å². The summed E-state index contributed by atoms with van der Waals surface area (Å²) < 4.78 is 16.9. The van der Waals surface area contributed by atoms with Crippen LogP contribution in [-0.4, -0.2) is 30.6 Å². The van der Waals surface area contributed by atoms with Crippen LogP contribution in [0.4, 0.5) is 0 Å². The molecule has 0 N–H and O–H groups in total. The maximum atomic E-state index is 12.7. The van der Waals surface area contributed by atoms with E-state index in [1.165, 1.54) is 11.8 Å². The minimum atomic E-state index is -0.491. The van der Waals surface area contributed by atoms with Crippen molar-refractivity contribution < 1.29 is 28.6 Å². The van der Waals surface area contributed by atoms with Crippen molar-refractivity contribution in [2.45, 2.75) is 104 Å². The number of hydrogen-bond acceptors (Lipinski definition) is 6. The number of esters is 3. The minimum Gasteiger partial charge on any atom is -0.465 e. The zero-order chi connectivity index (χ0) is 26.3. The van der Waals surface area contributed by atoms with Crippen molar-refractivity contribution in [2.75, 3.05) is 6.61 Å². The van der Waals surface area contributed by atoms with Gasteiger partial charge in [-0.2, -0.15) is 0 Å². The zero-order valence-corrected chi connectivity index (χ0v) is 22.6. The monoisotopic (exact) mass is 500 g/mol. The van der Waals surface area contributed by atoms with Gasteiger partial charge in [-0.25, -0.2) is 4.79 Å². The van der Waals surface area contributed by atoms with Crippen molar-refractivity contribution in [1.29, 1.82) is 0 Å². The Bertz CT molecular complexity index is 901. The largest absolute Gasteiger partial charge is 0.465 e. The summed E-state index contributed by atoms with van der Waals surface area (Å²) in [6.07, 6.45) is 13.2. The lowest BCUT2D eigenvalue weighted by molar-refractivity contribution is -0.193. The quantitative estimate of drug-likeness (QED) is 0.138. The number of rotatable bonds is 11. The Morgan fingerprint density at radius 2 is 1.83 bits per heavy atom. The lowest BCUT2D eigenvalue weighted by atomic mass is 9.46. The number of ether oxygens (including phenoxy) is 3. The molecule has 200 valence electrons. The third-order valence-electron chi connectivity index (χ3n) is 8.83. The number of carbonyl (C=O) groups excluding carboxylic acids is 3. The van der Waals surface area contributed by atoms with E-state index in [2.05, 4.69) is 34.3 Å². The second-order valence-corrected chi connectivity index (χ2v) is 11.3. The summed E-state index contributed by atoms with van der Waals surface area (Å²) in [6, 6.07) is 0. The highest BCUT2D eigenvalue weighted by atomic mass is 16.6. The summed E-state index contributed by atoms with van der Waals surface area (Å²) in [7, 11) is 0. The van der Waals surface area contributed by atoms with Crippen LogP contribution in [0.25, 0.3) is 0 Å². The van der Waals surface area contributed by atoms with Crippen LogP contribution in [0.2, 0.25) is 0 Å². The molecule has 0 bridgehead atoms. The van der Waals surface area contributed by atoms with E-state index in [9.17, 15) is 14.4 Å². The van der Waals surface area contributed by atoms with Gasteiger partial charge in [-0.1, -0.05) is 58.8 Å². The summed E-state index contributed by atoms with van der Waals surface area (Å²) in [5.74, 6) is -0.305. The lowest BCUT2D eigenvalue weighted by Gasteiger charge is -2.60.